The molecule has 0 saturated carbocycles. The Morgan fingerprint density at radius 1 is 1.33 bits per heavy atom. The van der Waals surface area contributed by atoms with Gasteiger partial charge in [0.05, 0.1) is 12.3 Å². The Morgan fingerprint density at radius 2 is 2.11 bits per heavy atom. The maximum atomic E-state index is 8.90. The first kappa shape index (κ1) is 14.6. The normalized spacial score (nSPS) is 10.4. The fraction of sp³-hybridized carbons (Fsp3) is 0.571. The summed E-state index contributed by atoms with van der Waals surface area (Å²) in [5.74, 6) is 0.747. The maximum absolute atomic E-state index is 8.90. The molecule has 1 rings (SSSR count). The molecule has 102 valence electrons. The van der Waals surface area contributed by atoms with Gasteiger partial charge in [-0.15, -0.1) is 0 Å². The van der Waals surface area contributed by atoms with Crippen molar-refractivity contribution in [3.8, 4) is 5.75 Å². The van der Waals surface area contributed by atoms with Crippen LogP contribution >= 0.6 is 0 Å². The standard InChI is InChI=1S/C14H24N2O2/c1-3-10-18-14-11-12(6-7-13(14)15)16(4-2)8-5-9-17/h6-7,11,17H,3-5,8-10,15H2,1-2H3. The zero-order chi connectivity index (χ0) is 13.4. The van der Waals surface area contributed by atoms with Gasteiger partial charge >= 0.3 is 0 Å². The minimum Gasteiger partial charge on any atom is -0.491 e. The molecule has 0 aliphatic carbocycles. The van der Waals surface area contributed by atoms with Gasteiger partial charge in [0.15, 0.2) is 0 Å². The molecule has 0 aliphatic heterocycles. The summed E-state index contributed by atoms with van der Waals surface area (Å²) in [6.07, 6.45) is 1.73. The van der Waals surface area contributed by atoms with Crippen LogP contribution in [0.3, 0.4) is 0 Å². The quantitative estimate of drug-likeness (QED) is 0.697. The number of nitrogen functional groups attached to an aromatic ring is 1. The van der Waals surface area contributed by atoms with Gasteiger partial charge in [-0.05, 0) is 31.9 Å². The predicted molar refractivity (Wildman–Crippen MR) is 76.2 cm³/mol. The van der Waals surface area contributed by atoms with Crippen molar-refractivity contribution in [3.63, 3.8) is 0 Å². The van der Waals surface area contributed by atoms with Gasteiger partial charge in [0.25, 0.3) is 0 Å². The Kier molecular flexibility index (Phi) is 6.36. The third kappa shape index (κ3) is 4.11. The van der Waals surface area contributed by atoms with E-state index in [1.807, 2.05) is 18.2 Å². The Morgan fingerprint density at radius 3 is 2.72 bits per heavy atom. The van der Waals surface area contributed by atoms with E-state index in [-0.39, 0.29) is 6.61 Å². The first-order valence-electron chi connectivity index (χ1n) is 6.61. The van der Waals surface area contributed by atoms with E-state index < -0.39 is 0 Å². The van der Waals surface area contributed by atoms with Crippen LogP contribution in [0.1, 0.15) is 26.7 Å². The average Bonchev–Trinajstić information content (AvgIpc) is 2.39. The summed E-state index contributed by atoms with van der Waals surface area (Å²) in [4.78, 5) is 2.20. The molecule has 3 N–H and O–H groups in total. The van der Waals surface area contributed by atoms with E-state index in [9.17, 15) is 0 Å². The van der Waals surface area contributed by atoms with Crippen molar-refractivity contribution in [1.82, 2.24) is 0 Å². The minimum absolute atomic E-state index is 0.213. The van der Waals surface area contributed by atoms with Crippen LogP contribution in [-0.4, -0.2) is 31.4 Å². The topological polar surface area (TPSA) is 58.7 Å². The Labute approximate surface area is 109 Å². The van der Waals surface area contributed by atoms with E-state index in [2.05, 4.69) is 18.7 Å². The number of ether oxygens (including phenoxy) is 1. The summed E-state index contributed by atoms with van der Waals surface area (Å²) >= 11 is 0. The van der Waals surface area contributed by atoms with Gasteiger partial charge < -0.3 is 20.5 Å². The van der Waals surface area contributed by atoms with E-state index in [1.165, 1.54) is 0 Å². The van der Waals surface area contributed by atoms with Crippen LogP contribution < -0.4 is 15.4 Å². The molecule has 0 radical (unpaired) electrons. The zero-order valence-corrected chi connectivity index (χ0v) is 11.4. The van der Waals surface area contributed by atoms with Crippen molar-refractivity contribution in [2.75, 3.05) is 36.9 Å². The molecular weight excluding hydrogens is 228 g/mol. The minimum atomic E-state index is 0.213. The number of nitrogens with zero attached hydrogens (tertiary/aromatic N) is 1. The lowest BCUT2D eigenvalue weighted by molar-refractivity contribution is 0.289. The summed E-state index contributed by atoms with van der Waals surface area (Å²) in [7, 11) is 0. The Balaban J connectivity index is 2.80. The molecular formula is C14H24N2O2. The number of aliphatic hydroxyl groups excluding tert-OH is 1. The fourth-order valence-corrected chi connectivity index (χ4v) is 1.79. The molecule has 0 unspecified atom stereocenters. The molecule has 1 aromatic rings. The Bertz CT molecular complexity index is 356. The van der Waals surface area contributed by atoms with Crippen LogP contribution in [0.25, 0.3) is 0 Å². The second-order valence-electron chi connectivity index (χ2n) is 4.23. The van der Waals surface area contributed by atoms with Crippen molar-refractivity contribution in [2.24, 2.45) is 0 Å². The van der Waals surface area contributed by atoms with Crippen LogP contribution in [0.4, 0.5) is 11.4 Å². The summed E-state index contributed by atoms with van der Waals surface area (Å²) in [5.41, 5.74) is 7.65. The first-order valence-corrected chi connectivity index (χ1v) is 6.61. The molecule has 0 aliphatic rings. The second-order valence-corrected chi connectivity index (χ2v) is 4.23. The van der Waals surface area contributed by atoms with E-state index in [4.69, 9.17) is 15.6 Å². The van der Waals surface area contributed by atoms with Crippen molar-refractivity contribution < 1.29 is 9.84 Å². The highest BCUT2D eigenvalue weighted by atomic mass is 16.5. The van der Waals surface area contributed by atoms with Gasteiger partial charge in [0.2, 0.25) is 0 Å². The number of hydrogen-bond acceptors (Lipinski definition) is 4. The third-order valence-corrected chi connectivity index (χ3v) is 2.79. The van der Waals surface area contributed by atoms with Crippen molar-refractivity contribution in [2.45, 2.75) is 26.7 Å². The smallest absolute Gasteiger partial charge is 0.144 e. The highest BCUT2D eigenvalue weighted by Crippen LogP contribution is 2.28. The van der Waals surface area contributed by atoms with Crippen LogP contribution in [0.5, 0.6) is 5.75 Å². The number of benzene rings is 1. The van der Waals surface area contributed by atoms with Crippen molar-refractivity contribution in [3.05, 3.63) is 18.2 Å². The zero-order valence-electron chi connectivity index (χ0n) is 11.4. The molecule has 0 heterocycles. The fourth-order valence-electron chi connectivity index (χ4n) is 1.79. The monoisotopic (exact) mass is 252 g/mol. The SMILES string of the molecule is CCCOc1cc(N(CC)CCCO)ccc1N. The van der Waals surface area contributed by atoms with E-state index in [0.717, 1.165) is 37.4 Å². The second kappa shape index (κ2) is 7.82. The molecule has 4 heteroatoms. The third-order valence-electron chi connectivity index (χ3n) is 2.79. The molecule has 0 fully saturated rings. The predicted octanol–water partition coefficient (Wildman–Crippen LogP) is 2.27. The van der Waals surface area contributed by atoms with Crippen LogP contribution in [-0.2, 0) is 0 Å². The lowest BCUT2D eigenvalue weighted by Crippen LogP contribution is -2.24. The van der Waals surface area contributed by atoms with Gasteiger partial charge in [0, 0.05) is 31.5 Å². The largest absolute Gasteiger partial charge is 0.491 e. The van der Waals surface area contributed by atoms with Gasteiger partial charge in [0.1, 0.15) is 5.75 Å². The molecule has 0 bridgehead atoms. The van der Waals surface area contributed by atoms with E-state index in [0.29, 0.717) is 12.3 Å². The molecule has 0 aromatic heterocycles. The van der Waals surface area contributed by atoms with E-state index >= 15 is 0 Å². The summed E-state index contributed by atoms with van der Waals surface area (Å²) in [6, 6.07) is 5.85. The molecule has 1 aromatic carbocycles. The molecule has 0 spiro atoms. The van der Waals surface area contributed by atoms with Gasteiger partial charge in [-0.3, -0.25) is 0 Å². The number of nitrogens with two attached hydrogens (primary N) is 1. The summed E-state index contributed by atoms with van der Waals surface area (Å²) in [6.45, 7) is 6.79. The number of anilines is 2. The molecule has 4 nitrogen and oxygen atoms in total. The highest BCUT2D eigenvalue weighted by molar-refractivity contribution is 5.62. The average molecular weight is 252 g/mol. The maximum Gasteiger partial charge on any atom is 0.144 e. The summed E-state index contributed by atoms with van der Waals surface area (Å²) < 4.78 is 5.62. The van der Waals surface area contributed by atoms with E-state index in [1.54, 1.807) is 0 Å². The van der Waals surface area contributed by atoms with Gasteiger partial charge in [-0.1, -0.05) is 6.92 Å². The van der Waals surface area contributed by atoms with Crippen LogP contribution in [0.2, 0.25) is 0 Å². The number of aliphatic hydroxyl groups is 1. The summed E-state index contributed by atoms with van der Waals surface area (Å²) in [5, 5.41) is 8.90. The first-order chi connectivity index (χ1) is 8.72. The van der Waals surface area contributed by atoms with Crippen molar-refractivity contribution >= 4 is 11.4 Å². The van der Waals surface area contributed by atoms with Crippen LogP contribution in [0.15, 0.2) is 18.2 Å². The van der Waals surface area contributed by atoms with Gasteiger partial charge in [-0.2, -0.15) is 0 Å². The van der Waals surface area contributed by atoms with Crippen LogP contribution in [0, 0.1) is 0 Å². The molecule has 0 saturated heterocycles. The van der Waals surface area contributed by atoms with Gasteiger partial charge in [-0.25, -0.2) is 0 Å². The lowest BCUT2D eigenvalue weighted by atomic mass is 10.2. The number of hydrogen-bond donors (Lipinski definition) is 2. The van der Waals surface area contributed by atoms with Crippen molar-refractivity contribution in [1.29, 1.82) is 0 Å². The molecule has 0 amide bonds. The molecule has 18 heavy (non-hydrogen) atoms. The number of rotatable bonds is 8. The highest BCUT2D eigenvalue weighted by Gasteiger charge is 2.07. The Hall–Kier alpha value is -1.42. The molecule has 0 atom stereocenters. The lowest BCUT2D eigenvalue weighted by Gasteiger charge is -2.23.